The van der Waals surface area contributed by atoms with Crippen LogP contribution in [-0.2, 0) is 6.54 Å². The lowest BCUT2D eigenvalue weighted by atomic mass is 10.2. The van der Waals surface area contributed by atoms with Crippen molar-refractivity contribution < 1.29 is 14.7 Å². The molecular formula is C19H20ClN3O3. The van der Waals surface area contributed by atoms with E-state index in [1.807, 2.05) is 18.2 Å². The number of piperazine rings is 1. The summed E-state index contributed by atoms with van der Waals surface area (Å²) in [5.41, 5.74) is 1.65. The number of urea groups is 1. The van der Waals surface area contributed by atoms with Crippen LogP contribution in [-0.4, -0.2) is 53.1 Å². The van der Waals surface area contributed by atoms with E-state index in [-0.39, 0.29) is 16.6 Å². The fraction of sp³-hybridized carbons (Fsp3) is 0.263. The van der Waals surface area contributed by atoms with Gasteiger partial charge in [0.05, 0.1) is 10.6 Å². The van der Waals surface area contributed by atoms with E-state index in [0.29, 0.717) is 18.8 Å². The van der Waals surface area contributed by atoms with Crippen LogP contribution in [0, 0.1) is 0 Å². The largest absolute Gasteiger partial charge is 0.478 e. The van der Waals surface area contributed by atoms with Crippen molar-refractivity contribution in [2.45, 2.75) is 6.54 Å². The molecule has 1 saturated heterocycles. The first kappa shape index (κ1) is 18.2. The summed E-state index contributed by atoms with van der Waals surface area (Å²) in [6.45, 7) is 3.71. The zero-order valence-corrected chi connectivity index (χ0v) is 14.9. The van der Waals surface area contributed by atoms with Crippen LogP contribution in [0.4, 0.5) is 10.5 Å². The van der Waals surface area contributed by atoms with E-state index >= 15 is 0 Å². The molecule has 0 aromatic heterocycles. The summed E-state index contributed by atoms with van der Waals surface area (Å²) in [5.74, 6) is -1.12. The molecule has 3 rings (SSSR count). The SMILES string of the molecule is O=C(O)c1cc(NC(=O)N2CCN(Cc3ccccc3)CC2)ccc1Cl. The minimum absolute atomic E-state index is 0.0304. The Bertz CT molecular complexity index is 790. The standard InChI is InChI=1S/C19H20ClN3O3/c20-17-7-6-15(12-16(17)18(24)25)21-19(26)23-10-8-22(9-11-23)13-14-4-2-1-3-5-14/h1-7,12H,8-11,13H2,(H,21,26)(H,24,25). The maximum atomic E-state index is 12.4. The highest BCUT2D eigenvalue weighted by Crippen LogP contribution is 2.21. The summed E-state index contributed by atoms with van der Waals surface area (Å²) in [6.07, 6.45) is 0. The molecule has 2 N–H and O–H groups in total. The first-order chi connectivity index (χ1) is 12.5. The topological polar surface area (TPSA) is 72.9 Å². The maximum Gasteiger partial charge on any atom is 0.337 e. The Morgan fingerprint density at radius 3 is 2.38 bits per heavy atom. The molecule has 136 valence electrons. The van der Waals surface area contributed by atoms with Crippen LogP contribution >= 0.6 is 11.6 Å². The number of carboxylic acid groups (broad SMARTS) is 1. The number of amides is 2. The van der Waals surface area contributed by atoms with Gasteiger partial charge in [-0.1, -0.05) is 41.9 Å². The van der Waals surface area contributed by atoms with Gasteiger partial charge in [-0.25, -0.2) is 9.59 Å². The van der Waals surface area contributed by atoms with E-state index in [1.54, 1.807) is 11.0 Å². The summed E-state index contributed by atoms with van der Waals surface area (Å²) in [5, 5.41) is 12.0. The summed E-state index contributed by atoms with van der Waals surface area (Å²) in [7, 11) is 0. The zero-order chi connectivity index (χ0) is 18.5. The highest BCUT2D eigenvalue weighted by atomic mass is 35.5. The van der Waals surface area contributed by atoms with Crippen molar-refractivity contribution >= 4 is 29.3 Å². The molecule has 1 aliphatic heterocycles. The molecule has 2 aromatic carbocycles. The van der Waals surface area contributed by atoms with E-state index < -0.39 is 5.97 Å². The minimum atomic E-state index is -1.12. The minimum Gasteiger partial charge on any atom is -0.478 e. The predicted octanol–water partition coefficient (Wildman–Crippen LogP) is 3.39. The van der Waals surface area contributed by atoms with E-state index in [4.69, 9.17) is 16.7 Å². The molecule has 6 nitrogen and oxygen atoms in total. The van der Waals surface area contributed by atoms with Crippen molar-refractivity contribution in [1.82, 2.24) is 9.80 Å². The van der Waals surface area contributed by atoms with Gasteiger partial charge in [-0.15, -0.1) is 0 Å². The van der Waals surface area contributed by atoms with Gasteiger partial charge in [-0.05, 0) is 23.8 Å². The maximum absolute atomic E-state index is 12.4. The third kappa shape index (κ3) is 4.53. The van der Waals surface area contributed by atoms with Gasteiger partial charge < -0.3 is 15.3 Å². The van der Waals surface area contributed by atoms with Crippen molar-refractivity contribution in [2.75, 3.05) is 31.5 Å². The lowest BCUT2D eigenvalue weighted by Crippen LogP contribution is -2.49. The third-order valence-electron chi connectivity index (χ3n) is 4.36. The van der Waals surface area contributed by atoms with Crippen LogP contribution in [0.1, 0.15) is 15.9 Å². The lowest BCUT2D eigenvalue weighted by molar-refractivity contribution is 0.0697. The summed E-state index contributed by atoms with van der Waals surface area (Å²) in [4.78, 5) is 27.6. The number of benzene rings is 2. The van der Waals surface area contributed by atoms with Crippen LogP contribution in [0.2, 0.25) is 5.02 Å². The quantitative estimate of drug-likeness (QED) is 0.861. The van der Waals surface area contributed by atoms with Crippen LogP contribution in [0.5, 0.6) is 0 Å². The van der Waals surface area contributed by atoms with Crippen molar-refractivity contribution in [3.63, 3.8) is 0 Å². The van der Waals surface area contributed by atoms with Gasteiger partial charge in [0.15, 0.2) is 0 Å². The zero-order valence-electron chi connectivity index (χ0n) is 14.2. The van der Waals surface area contributed by atoms with Gasteiger partial charge in [0.1, 0.15) is 0 Å². The molecule has 7 heteroatoms. The van der Waals surface area contributed by atoms with Crippen LogP contribution < -0.4 is 5.32 Å². The molecule has 0 aliphatic carbocycles. The second-order valence-corrected chi connectivity index (χ2v) is 6.59. The lowest BCUT2D eigenvalue weighted by Gasteiger charge is -2.34. The molecule has 0 spiro atoms. The Balaban J connectivity index is 1.54. The van der Waals surface area contributed by atoms with Gasteiger partial charge in [0, 0.05) is 38.4 Å². The molecule has 0 atom stereocenters. The Labute approximate surface area is 157 Å². The number of nitrogens with one attached hydrogen (secondary N) is 1. The average Bonchev–Trinajstić information content (AvgIpc) is 2.64. The number of rotatable bonds is 4. The van der Waals surface area contributed by atoms with Gasteiger partial charge in [0.25, 0.3) is 0 Å². The average molecular weight is 374 g/mol. The number of anilines is 1. The van der Waals surface area contributed by atoms with Crippen molar-refractivity contribution in [2.24, 2.45) is 0 Å². The van der Waals surface area contributed by atoms with Gasteiger partial charge in [-0.3, -0.25) is 4.90 Å². The number of halogens is 1. The number of hydrogen-bond donors (Lipinski definition) is 2. The van der Waals surface area contributed by atoms with Gasteiger partial charge in [-0.2, -0.15) is 0 Å². The second-order valence-electron chi connectivity index (χ2n) is 6.18. The molecular weight excluding hydrogens is 354 g/mol. The fourth-order valence-corrected chi connectivity index (χ4v) is 3.12. The molecule has 2 aromatic rings. The number of aromatic carboxylic acids is 1. The number of carboxylic acids is 1. The molecule has 1 aliphatic rings. The van der Waals surface area contributed by atoms with E-state index in [1.165, 1.54) is 17.7 Å². The van der Waals surface area contributed by atoms with Crippen molar-refractivity contribution in [1.29, 1.82) is 0 Å². The van der Waals surface area contributed by atoms with Gasteiger partial charge in [0.2, 0.25) is 0 Å². The second kappa shape index (κ2) is 8.21. The van der Waals surface area contributed by atoms with Crippen LogP contribution in [0.25, 0.3) is 0 Å². The molecule has 0 saturated carbocycles. The third-order valence-corrected chi connectivity index (χ3v) is 4.69. The number of carbonyl (C=O) groups excluding carboxylic acids is 1. The predicted molar refractivity (Wildman–Crippen MR) is 101 cm³/mol. The fourth-order valence-electron chi connectivity index (χ4n) is 2.92. The molecule has 0 radical (unpaired) electrons. The number of carbonyl (C=O) groups is 2. The molecule has 0 unspecified atom stereocenters. The van der Waals surface area contributed by atoms with Crippen molar-refractivity contribution in [3.8, 4) is 0 Å². The Morgan fingerprint density at radius 2 is 1.73 bits per heavy atom. The highest BCUT2D eigenvalue weighted by molar-refractivity contribution is 6.33. The Morgan fingerprint density at radius 1 is 1.04 bits per heavy atom. The van der Waals surface area contributed by atoms with E-state index in [9.17, 15) is 9.59 Å². The van der Waals surface area contributed by atoms with Gasteiger partial charge >= 0.3 is 12.0 Å². The monoisotopic (exact) mass is 373 g/mol. The Kier molecular flexibility index (Phi) is 5.75. The van der Waals surface area contributed by atoms with E-state index in [0.717, 1.165) is 19.6 Å². The molecule has 26 heavy (non-hydrogen) atoms. The Hall–Kier alpha value is -2.57. The van der Waals surface area contributed by atoms with Crippen LogP contribution in [0.3, 0.4) is 0 Å². The smallest absolute Gasteiger partial charge is 0.337 e. The van der Waals surface area contributed by atoms with Crippen LogP contribution in [0.15, 0.2) is 48.5 Å². The first-order valence-electron chi connectivity index (χ1n) is 8.38. The summed E-state index contributed by atoms with van der Waals surface area (Å²) < 4.78 is 0. The van der Waals surface area contributed by atoms with E-state index in [2.05, 4.69) is 22.3 Å². The number of hydrogen-bond acceptors (Lipinski definition) is 3. The summed E-state index contributed by atoms with van der Waals surface area (Å²) >= 11 is 5.85. The molecule has 1 fully saturated rings. The number of nitrogens with zero attached hydrogens (tertiary/aromatic N) is 2. The first-order valence-corrected chi connectivity index (χ1v) is 8.76. The summed E-state index contributed by atoms with van der Waals surface area (Å²) in [6, 6.07) is 14.4. The molecule has 1 heterocycles. The molecule has 2 amide bonds. The molecule has 0 bridgehead atoms. The van der Waals surface area contributed by atoms with Crippen molar-refractivity contribution in [3.05, 3.63) is 64.7 Å². The normalized spacial score (nSPS) is 14.9. The highest BCUT2D eigenvalue weighted by Gasteiger charge is 2.21.